The van der Waals surface area contributed by atoms with Gasteiger partial charge in [0.15, 0.2) is 0 Å². The summed E-state index contributed by atoms with van der Waals surface area (Å²) in [6.07, 6.45) is 1.32. The first kappa shape index (κ1) is 23.3. The Hall–Kier alpha value is -4.44. The van der Waals surface area contributed by atoms with Crippen LogP contribution >= 0.6 is 11.5 Å². The van der Waals surface area contributed by atoms with Gasteiger partial charge in [-0.25, -0.2) is 19.4 Å². The van der Waals surface area contributed by atoms with Gasteiger partial charge in [0, 0.05) is 5.56 Å². The second-order valence-electron chi connectivity index (χ2n) is 8.27. The number of nitrogens with zero attached hydrogens (tertiary/aromatic N) is 5. The average Bonchev–Trinajstić information content (AvgIpc) is 3.24. The molecule has 5 rings (SSSR count). The second kappa shape index (κ2) is 9.31. The number of nitrogens with two attached hydrogens (primary N) is 1. The van der Waals surface area contributed by atoms with Crippen LogP contribution in [0.5, 0.6) is 0 Å². The fraction of sp³-hybridized carbons (Fsp3) is 0.115. The van der Waals surface area contributed by atoms with Crippen molar-refractivity contribution in [3.05, 3.63) is 95.2 Å². The molecule has 3 heterocycles. The molecule has 0 atom stereocenters. The Morgan fingerprint density at radius 2 is 1.97 bits per heavy atom. The number of benzene rings is 2. The van der Waals surface area contributed by atoms with E-state index in [-0.39, 0.29) is 23.6 Å². The number of aliphatic imine (C=N–C) groups is 1. The molecule has 2 aromatic heterocycles. The second-order valence-corrected chi connectivity index (χ2v) is 9.02. The van der Waals surface area contributed by atoms with Gasteiger partial charge < -0.3 is 11.1 Å². The van der Waals surface area contributed by atoms with Crippen molar-refractivity contribution >= 4 is 51.1 Å². The standard InChI is InChI=1S/C26H23FN8S/c1-14-7-4-5-10-19(14)35-16(3)21-15(2)34-36-26(21)33-20(35)12-30-25-22(24(29)31-13-32-25)23(28)17-8-6-9-18(27)11-17/h4-11,13,28H,3,12H2,1-2H3,(H3,29,30,31,32). The maximum absolute atomic E-state index is 13.8. The number of rotatable bonds is 6. The van der Waals surface area contributed by atoms with Gasteiger partial charge in [0.05, 0.1) is 40.5 Å². The van der Waals surface area contributed by atoms with Gasteiger partial charge in [-0.2, -0.15) is 4.37 Å². The van der Waals surface area contributed by atoms with Gasteiger partial charge in [0.25, 0.3) is 0 Å². The van der Waals surface area contributed by atoms with Crippen molar-refractivity contribution in [1.29, 1.82) is 5.41 Å². The first-order valence-electron chi connectivity index (χ1n) is 11.1. The van der Waals surface area contributed by atoms with Crippen LogP contribution in [0.3, 0.4) is 0 Å². The topological polar surface area (TPSA) is 116 Å². The highest BCUT2D eigenvalue weighted by atomic mass is 32.1. The van der Waals surface area contributed by atoms with E-state index < -0.39 is 5.82 Å². The molecule has 10 heteroatoms. The lowest BCUT2D eigenvalue weighted by molar-refractivity contribution is 0.627. The van der Waals surface area contributed by atoms with Crippen LogP contribution in [0.4, 0.5) is 26.7 Å². The number of amidine groups is 1. The van der Waals surface area contributed by atoms with Crippen LogP contribution in [-0.2, 0) is 0 Å². The maximum atomic E-state index is 13.8. The molecule has 0 unspecified atom stereocenters. The van der Waals surface area contributed by atoms with E-state index in [2.05, 4.69) is 26.2 Å². The van der Waals surface area contributed by atoms with Crippen LogP contribution in [0, 0.1) is 25.1 Å². The van der Waals surface area contributed by atoms with E-state index in [1.165, 1.54) is 30.0 Å². The first-order valence-corrected chi connectivity index (χ1v) is 11.9. The summed E-state index contributed by atoms with van der Waals surface area (Å²) in [5, 5.41) is 12.7. The number of aryl methyl sites for hydroxylation is 2. The van der Waals surface area contributed by atoms with Crippen molar-refractivity contribution in [1.82, 2.24) is 14.3 Å². The minimum Gasteiger partial charge on any atom is -0.383 e. The summed E-state index contributed by atoms with van der Waals surface area (Å²) in [4.78, 5) is 15.3. The number of anilines is 3. The summed E-state index contributed by atoms with van der Waals surface area (Å²) >= 11 is 1.32. The zero-order valence-corrected chi connectivity index (χ0v) is 20.5. The highest BCUT2D eigenvalue weighted by molar-refractivity contribution is 7.10. The monoisotopic (exact) mass is 498 g/mol. The fourth-order valence-electron chi connectivity index (χ4n) is 4.15. The van der Waals surface area contributed by atoms with E-state index in [0.29, 0.717) is 17.2 Å². The third-order valence-corrected chi connectivity index (χ3v) is 6.74. The summed E-state index contributed by atoms with van der Waals surface area (Å²) in [6.45, 7) is 8.60. The average molecular weight is 499 g/mol. The van der Waals surface area contributed by atoms with E-state index in [4.69, 9.17) is 16.1 Å². The quantitative estimate of drug-likeness (QED) is 0.310. The molecule has 1 aliphatic heterocycles. The van der Waals surface area contributed by atoms with Gasteiger partial charge in [-0.05, 0) is 49.1 Å². The molecule has 0 saturated carbocycles. The Morgan fingerprint density at radius 3 is 2.75 bits per heavy atom. The first-order chi connectivity index (χ1) is 17.3. The number of nitrogen functional groups attached to an aromatic ring is 1. The minimum atomic E-state index is -0.443. The smallest absolute Gasteiger partial charge is 0.147 e. The molecule has 8 nitrogen and oxygen atoms in total. The Balaban J connectivity index is 1.53. The van der Waals surface area contributed by atoms with E-state index in [1.807, 2.05) is 43.0 Å². The highest BCUT2D eigenvalue weighted by Gasteiger charge is 2.29. The van der Waals surface area contributed by atoms with Crippen LogP contribution in [-0.4, -0.2) is 32.4 Å². The van der Waals surface area contributed by atoms with Crippen molar-refractivity contribution in [3.63, 3.8) is 0 Å². The molecule has 2 aromatic carbocycles. The van der Waals surface area contributed by atoms with Gasteiger partial charge >= 0.3 is 0 Å². The Bertz CT molecular complexity index is 1540. The Morgan fingerprint density at radius 1 is 1.17 bits per heavy atom. The molecule has 0 radical (unpaired) electrons. The molecule has 180 valence electrons. The van der Waals surface area contributed by atoms with Crippen molar-refractivity contribution in [2.45, 2.75) is 13.8 Å². The molecule has 36 heavy (non-hydrogen) atoms. The third-order valence-electron chi connectivity index (χ3n) is 5.90. The molecule has 1 aliphatic rings. The van der Waals surface area contributed by atoms with Crippen molar-refractivity contribution < 1.29 is 4.39 Å². The molecular weight excluding hydrogens is 475 g/mol. The summed E-state index contributed by atoms with van der Waals surface area (Å²) in [6, 6.07) is 13.8. The van der Waals surface area contributed by atoms with Crippen LogP contribution in [0.1, 0.15) is 27.9 Å². The molecular formula is C26H23FN8S. The Kier molecular flexibility index (Phi) is 6.03. The van der Waals surface area contributed by atoms with Gasteiger partial charge in [-0.3, -0.25) is 10.3 Å². The molecule has 0 aliphatic carbocycles. The van der Waals surface area contributed by atoms with Crippen molar-refractivity contribution in [3.8, 4) is 0 Å². The molecule has 4 N–H and O–H groups in total. The molecule has 0 fully saturated rings. The number of nitrogens with one attached hydrogen (secondary N) is 2. The molecule has 4 aromatic rings. The maximum Gasteiger partial charge on any atom is 0.147 e. The van der Waals surface area contributed by atoms with Gasteiger partial charge in [0.2, 0.25) is 0 Å². The highest BCUT2D eigenvalue weighted by Crippen LogP contribution is 2.41. The number of para-hydroxylation sites is 1. The largest absolute Gasteiger partial charge is 0.383 e. The number of halogens is 1. The van der Waals surface area contributed by atoms with Crippen LogP contribution < -0.4 is 16.0 Å². The SMILES string of the molecule is C=C1c2c(C)nsc2N=C(CNc2ncnc(N)c2C(=N)c2cccc(F)c2)N1c1ccccc1C. The molecule has 0 saturated heterocycles. The lowest BCUT2D eigenvalue weighted by Gasteiger charge is -2.32. The van der Waals surface area contributed by atoms with Crippen LogP contribution in [0.2, 0.25) is 0 Å². The fourth-order valence-corrected chi connectivity index (χ4v) is 4.97. The lowest BCUT2D eigenvalue weighted by atomic mass is 10.0. The van der Waals surface area contributed by atoms with Crippen molar-refractivity contribution in [2.24, 2.45) is 4.99 Å². The number of aromatic nitrogens is 3. The predicted molar refractivity (Wildman–Crippen MR) is 144 cm³/mol. The van der Waals surface area contributed by atoms with E-state index >= 15 is 0 Å². The van der Waals surface area contributed by atoms with Crippen LogP contribution in [0.15, 0.2) is 66.4 Å². The van der Waals surface area contributed by atoms with Gasteiger partial charge in [-0.15, -0.1) is 0 Å². The number of hydrogen-bond donors (Lipinski definition) is 3. The van der Waals surface area contributed by atoms with E-state index in [1.54, 1.807) is 12.1 Å². The summed E-state index contributed by atoms with van der Waals surface area (Å²) in [5.41, 5.74) is 11.4. The molecule has 0 spiro atoms. The van der Waals surface area contributed by atoms with Gasteiger partial charge in [0.1, 0.15) is 34.6 Å². The zero-order chi connectivity index (χ0) is 25.4. The lowest BCUT2D eigenvalue weighted by Crippen LogP contribution is -2.37. The van der Waals surface area contributed by atoms with Crippen LogP contribution in [0.25, 0.3) is 5.70 Å². The molecule has 0 bridgehead atoms. The third kappa shape index (κ3) is 4.11. The van der Waals surface area contributed by atoms with E-state index in [9.17, 15) is 4.39 Å². The minimum absolute atomic E-state index is 0.0150. The van der Waals surface area contributed by atoms with Crippen molar-refractivity contribution in [2.75, 3.05) is 22.5 Å². The number of hydrogen-bond acceptors (Lipinski definition) is 9. The normalized spacial score (nSPS) is 12.8. The van der Waals surface area contributed by atoms with E-state index in [0.717, 1.165) is 33.2 Å². The zero-order valence-electron chi connectivity index (χ0n) is 19.7. The Labute approximate surface area is 211 Å². The molecule has 0 amide bonds. The predicted octanol–water partition coefficient (Wildman–Crippen LogP) is 5.32. The summed E-state index contributed by atoms with van der Waals surface area (Å²) < 4.78 is 18.3. The summed E-state index contributed by atoms with van der Waals surface area (Å²) in [5.74, 6) is 0.710. The van der Waals surface area contributed by atoms with Gasteiger partial charge in [-0.1, -0.05) is 36.9 Å². The number of fused-ring (bicyclic) bond motifs is 1. The summed E-state index contributed by atoms with van der Waals surface area (Å²) in [7, 11) is 0.